The number of allylic oxidation sites excluding steroid dienone is 22. The maximum Gasteiger partial charge on any atom is 0.472 e. The van der Waals surface area contributed by atoms with Crippen LogP contribution in [0.5, 0.6) is 0 Å². The fourth-order valence-electron chi connectivity index (χ4n) is 10.8. The highest BCUT2D eigenvalue weighted by atomic mass is 31.2. The minimum atomic E-state index is -4.99. The van der Waals surface area contributed by atoms with E-state index in [4.69, 9.17) is 37.0 Å². The second-order valence-corrected chi connectivity index (χ2v) is 30.2. The zero-order chi connectivity index (χ0) is 77.4. The van der Waals surface area contributed by atoms with Crippen LogP contribution < -0.4 is 0 Å². The van der Waals surface area contributed by atoms with Crippen LogP contribution in [0, 0.1) is 0 Å². The molecule has 0 bridgehead atoms. The average molecular weight is 1530 g/mol. The van der Waals surface area contributed by atoms with Crippen molar-refractivity contribution in [2.24, 2.45) is 0 Å². The van der Waals surface area contributed by atoms with Crippen LogP contribution in [0.4, 0.5) is 0 Å². The molecule has 0 aliphatic rings. The fraction of sp³-hybridized carbons (Fsp3) is 0.701. The predicted octanol–water partition coefficient (Wildman–Crippen LogP) is 24.4. The molecule has 0 fully saturated rings. The number of phosphoric ester groups is 2. The van der Waals surface area contributed by atoms with Crippen LogP contribution in [0.1, 0.15) is 336 Å². The van der Waals surface area contributed by atoms with Crippen molar-refractivity contribution in [2.75, 3.05) is 39.6 Å². The minimum Gasteiger partial charge on any atom is -0.462 e. The normalized spacial score (nSPS) is 14.5. The van der Waals surface area contributed by atoms with Gasteiger partial charge in [-0.2, -0.15) is 0 Å². The minimum absolute atomic E-state index is 0.0717. The SMILES string of the molecule is CC/C=C\C/C=C\C/C=C\C/C=C\CCCCCCCCC(=O)OCC(COP(=O)(O)OCC(O)COP(=O)(O)OCC(COC(=O)CCCCCCC/C=C\C/C=C\CCCCC)OC(=O)CCCCCCC/C=C\CCCCCC)OC(=O)CCCCCCCC/C=C\C/C=C\C/C=C\C/C=C\CC. The van der Waals surface area contributed by atoms with Crippen LogP contribution in [0.3, 0.4) is 0 Å². The number of unbranched alkanes of at least 4 members (excludes halogenated alkanes) is 29. The van der Waals surface area contributed by atoms with Crippen molar-refractivity contribution in [2.45, 2.75) is 354 Å². The van der Waals surface area contributed by atoms with Gasteiger partial charge in [0, 0.05) is 25.7 Å². The highest BCUT2D eigenvalue weighted by molar-refractivity contribution is 7.47. The van der Waals surface area contributed by atoms with E-state index in [1.54, 1.807) is 0 Å². The summed E-state index contributed by atoms with van der Waals surface area (Å²) in [6.07, 6.45) is 88.4. The molecule has 17 nitrogen and oxygen atoms in total. The summed E-state index contributed by atoms with van der Waals surface area (Å²) in [5.74, 6) is -2.22. The van der Waals surface area contributed by atoms with Gasteiger partial charge in [0.15, 0.2) is 12.2 Å². The monoisotopic (exact) mass is 1530 g/mol. The zero-order valence-electron chi connectivity index (χ0n) is 66.6. The van der Waals surface area contributed by atoms with Crippen LogP contribution >= 0.6 is 15.6 Å². The van der Waals surface area contributed by atoms with E-state index < -0.39 is 97.5 Å². The van der Waals surface area contributed by atoms with Crippen molar-refractivity contribution in [3.05, 3.63) is 134 Å². The first-order chi connectivity index (χ1) is 51.7. The van der Waals surface area contributed by atoms with Gasteiger partial charge in [-0.3, -0.25) is 37.3 Å². The number of hydrogen-bond donors (Lipinski definition) is 3. The number of hydrogen-bond acceptors (Lipinski definition) is 15. The summed E-state index contributed by atoms with van der Waals surface area (Å²) in [7, 11) is -9.98. The van der Waals surface area contributed by atoms with Crippen LogP contribution in [0.25, 0.3) is 0 Å². The predicted molar refractivity (Wildman–Crippen MR) is 436 cm³/mol. The van der Waals surface area contributed by atoms with Gasteiger partial charge in [-0.25, -0.2) is 9.13 Å². The third-order valence-electron chi connectivity index (χ3n) is 17.1. The van der Waals surface area contributed by atoms with Crippen molar-refractivity contribution in [3.63, 3.8) is 0 Å². The zero-order valence-corrected chi connectivity index (χ0v) is 68.4. The molecule has 0 aromatic carbocycles. The van der Waals surface area contributed by atoms with E-state index in [2.05, 4.69) is 161 Å². The number of aliphatic hydroxyl groups excluding tert-OH is 1. The summed E-state index contributed by atoms with van der Waals surface area (Å²) in [5.41, 5.74) is 0. The van der Waals surface area contributed by atoms with E-state index in [-0.39, 0.29) is 25.7 Å². The molecule has 5 atom stereocenters. The Bertz CT molecular complexity index is 2530. The second kappa shape index (κ2) is 78.3. The number of carbonyl (C=O) groups excluding carboxylic acids is 4. The molecule has 0 saturated carbocycles. The standard InChI is InChI=1S/C87H148O17P2/c1-5-9-13-17-21-25-29-33-36-38-40-42-45-49-52-56-60-64-68-72-85(90)98-78-83(104-87(92)74-70-66-62-58-54-50-46-43-41-39-37-34-30-26-22-18-14-10-6-2)80-102-106(95,96)100-76-81(88)75-99-105(93,94)101-79-82(103-86(91)73-69-65-61-57-53-47-32-28-24-20-16-12-8-4)77-97-84(89)71-67-63-59-55-51-48-44-35-31-27-23-19-15-11-7-3/h9-10,13-14,21-23,25-28,32-37,40-44,81-83,88H,5-8,11-12,15-20,24,29-31,38-39,45-80H2,1-4H3,(H,93,94)(H,95,96)/b13-9-,14-10-,25-21-,26-22-,27-23-,32-28-,36-33-,37-34-,42-40-,43-41-,44-35-. The first-order valence-electron chi connectivity index (χ1n) is 41.4. The van der Waals surface area contributed by atoms with E-state index in [9.17, 15) is 43.2 Å². The molecule has 0 radical (unpaired) electrons. The largest absolute Gasteiger partial charge is 0.472 e. The number of aliphatic hydroxyl groups is 1. The number of ether oxygens (including phenoxy) is 4. The summed E-state index contributed by atoms with van der Waals surface area (Å²) in [5, 5.41) is 10.7. The Morgan fingerprint density at radius 3 is 0.783 bits per heavy atom. The van der Waals surface area contributed by atoms with E-state index in [0.717, 1.165) is 212 Å². The highest BCUT2D eigenvalue weighted by Crippen LogP contribution is 2.45. The number of esters is 4. The lowest BCUT2D eigenvalue weighted by atomic mass is 10.1. The molecule has 0 rings (SSSR count). The Kier molecular flexibility index (Phi) is 74.8. The van der Waals surface area contributed by atoms with E-state index >= 15 is 0 Å². The summed E-state index contributed by atoms with van der Waals surface area (Å²) < 4.78 is 68.7. The van der Waals surface area contributed by atoms with Crippen LogP contribution in [-0.4, -0.2) is 96.7 Å². The molecule has 5 unspecified atom stereocenters. The lowest BCUT2D eigenvalue weighted by molar-refractivity contribution is -0.161. The maximum atomic E-state index is 13.1. The molecule has 0 aromatic rings. The summed E-state index contributed by atoms with van der Waals surface area (Å²) in [6, 6.07) is 0. The molecular formula is C87H148O17P2. The molecule has 0 aliphatic heterocycles. The summed E-state index contributed by atoms with van der Waals surface area (Å²) in [6.45, 7) is 4.58. The molecule has 0 aromatic heterocycles. The Hall–Kier alpha value is -4.80. The Morgan fingerprint density at radius 2 is 0.491 bits per heavy atom. The van der Waals surface area contributed by atoms with E-state index in [1.807, 2.05) is 0 Å². The van der Waals surface area contributed by atoms with Gasteiger partial charge in [-0.15, -0.1) is 0 Å². The van der Waals surface area contributed by atoms with Crippen molar-refractivity contribution in [1.29, 1.82) is 0 Å². The lowest BCUT2D eigenvalue weighted by Gasteiger charge is -2.21. The lowest BCUT2D eigenvalue weighted by Crippen LogP contribution is -2.30. The van der Waals surface area contributed by atoms with E-state index in [0.29, 0.717) is 25.7 Å². The molecule has 106 heavy (non-hydrogen) atoms. The maximum absolute atomic E-state index is 13.1. The van der Waals surface area contributed by atoms with Gasteiger partial charge in [0.2, 0.25) is 0 Å². The third kappa shape index (κ3) is 77.4. The van der Waals surface area contributed by atoms with E-state index in [1.165, 1.54) is 44.9 Å². The number of phosphoric acid groups is 2. The van der Waals surface area contributed by atoms with Crippen LogP contribution in [0.15, 0.2) is 134 Å². The van der Waals surface area contributed by atoms with Gasteiger partial charge >= 0.3 is 39.5 Å². The smallest absolute Gasteiger partial charge is 0.462 e. The third-order valence-corrected chi connectivity index (χ3v) is 19.0. The van der Waals surface area contributed by atoms with Gasteiger partial charge in [0.25, 0.3) is 0 Å². The fourth-order valence-corrected chi connectivity index (χ4v) is 12.4. The van der Waals surface area contributed by atoms with Gasteiger partial charge in [-0.05, 0) is 161 Å². The average Bonchev–Trinajstić information content (AvgIpc) is 0.903. The second-order valence-electron chi connectivity index (χ2n) is 27.3. The van der Waals surface area contributed by atoms with Gasteiger partial charge in [0.05, 0.1) is 26.4 Å². The molecule has 0 spiro atoms. The van der Waals surface area contributed by atoms with Crippen molar-refractivity contribution >= 4 is 39.5 Å². The first kappa shape index (κ1) is 101. The molecule has 3 N–H and O–H groups in total. The summed E-state index contributed by atoms with van der Waals surface area (Å²) >= 11 is 0. The van der Waals surface area contributed by atoms with Crippen LogP contribution in [0.2, 0.25) is 0 Å². The highest BCUT2D eigenvalue weighted by Gasteiger charge is 2.30. The summed E-state index contributed by atoms with van der Waals surface area (Å²) in [4.78, 5) is 73.1. The molecule has 0 heterocycles. The Labute approximate surface area is 644 Å². The molecule has 0 aliphatic carbocycles. The molecular weight excluding hydrogens is 1380 g/mol. The molecule has 19 heteroatoms. The van der Waals surface area contributed by atoms with Gasteiger partial charge in [-0.1, -0.05) is 283 Å². The van der Waals surface area contributed by atoms with Crippen LogP contribution in [-0.2, 0) is 65.4 Å². The topological polar surface area (TPSA) is 237 Å². The Morgan fingerprint density at radius 1 is 0.274 bits per heavy atom. The van der Waals surface area contributed by atoms with Gasteiger partial charge in [0.1, 0.15) is 19.3 Å². The number of carbonyl (C=O) groups is 4. The van der Waals surface area contributed by atoms with Gasteiger partial charge < -0.3 is 33.8 Å². The quantitative estimate of drug-likeness (QED) is 0.0169. The Balaban J connectivity index is 5.40. The molecule has 0 amide bonds. The van der Waals surface area contributed by atoms with Crippen molar-refractivity contribution in [3.8, 4) is 0 Å². The van der Waals surface area contributed by atoms with Crippen molar-refractivity contribution in [1.82, 2.24) is 0 Å². The van der Waals surface area contributed by atoms with Crippen molar-refractivity contribution < 1.29 is 80.2 Å². The molecule has 608 valence electrons. The number of rotatable bonds is 77. The molecule has 0 saturated heterocycles. The first-order valence-corrected chi connectivity index (χ1v) is 44.4.